The first-order valence-electron chi connectivity index (χ1n) is 4.79. The first kappa shape index (κ1) is 9.86. The molecule has 5 heteroatoms. The fraction of sp³-hybridized carbons (Fsp3) is 0.556. The van der Waals surface area contributed by atoms with Crippen molar-refractivity contribution >= 4 is 21.9 Å². The van der Waals surface area contributed by atoms with Crippen molar-refractivity contribution in [3.05, 3.63) is 16.9 Å². The molecular formula is C9H13BrN4. The van der Waals surface area contributed by atoms with Crippen LogP contribution < -0.4 is 10.6 Å². The van der Waals surface area contributed by atoms with Crippen LogP contribution in [0.15, 0.2) is 16.9 Å². The predicted octanol–water partition coefficient (Wildman–Crippen LogP) is 1.40. The molecule has 2 heterocycles. The maximum absolute atomic E-state index is 4.14. The highest BCUT2D eigenvalue weighted by atomic mass is 79.9. The zero-order valence-electron chi connectivity index (χ0n) is 7.83. The number of halogens is 1. The molecule has 0 spiro atoms. The number of hydrogen-bond donors (Lipinski definition) is 2. The van der Waals surface area contributed by atoms with Gasteiger partial charge in [-0.05, 0) is 35.3 Å². The van der Waals surface area contributed by atoms with Gasteiger partial charge in [0.1, 0.15) is 0 Å². The van der Waals surface area contributed by atoms with Gasteiger partial charge in [-0.2, -0.15) is 0 Å². The second kappa shape index (κ2) is 4.70. The van der Waals surface area contributed by atoms with Crippen molar-refractivity contribution in [1.82, 2.24) is 15.3 Å². The highest BCUT2D eigenvalue weighted by Gasteiger charge is 2.13. The van der Waals surface area contributed by atoms with Crippen LogP contribution in [0.4, 0.5) is 5.95 Å². The molecule has 0 aromatic carbocycles. The zero-order valence-corrected chi connectivity index (χ0v) is 9.42. The average Bonchev–Trinajstić information content (AvgIpc) is 2.70. The molecule has 0 aliphatic carbocycles. The van der Waals surface area contributed by atoms with E-state index in [0.717, 1.165) is 17.6 Å². The molecule has 1 aromatic rings. The van der Waals surface area contributed by atoms with Gasteiger partial charge in [0.2, 0.25) is 5.95 Å². The first-order chi connectivity index (χ1) is 6.84. The average molecular weight is 257 g/mol. The van der Waals surface area contributed by atoms with Crippen molar-refractivity contribution in [3.8, 4) is 0 Å². The van der Waals surface area contributed by atoms with Crippen molar-refractivity contribution in [2.75, 3.05) is 18.4 Å². The summed E-state index contributed by atoms with van der Waals surface area (Å²) in [7, 11) is 0. The Morgan fingerprint density at radius 3 is 2.93 bits per heavy atom. The Bertz CT molecular complexity index is 281. The predicted molar refractivity (Wildman–Crippen MR) is 59.2 cm³/mol. The van der Waals surface area contributed by atoms with Crippen LogP contribution >= 0.6 is 15.9 Å². The van der Waals surface area contributed by atoms with Gasteiger partial charge in [0, 0.05) is 25.0 Å². The molecule has 1 unspecified atom stereocenters. The molecule has 0 bridgehead atoms. The summed E-state index contributed by atoms with van der Waals surface area (Å²) in [5, 5.41) is 6.62. The van der Waals surface area contributed by atoms with Crippen LogP contribution in [0.25, 0.3) is 0 Å². The topological polar surface area (TPSA) is 49.8 Å². The summed E-state index contributed by atoms with van der Waals surface area (Å²) in [6.45, 7) is 2.04. The third kappa shape index (κ3) is 2.65. The minimum atomic E-state index is 0.572. The monoisotopic (exact) mass is 256 g/mol. The molecule has 14 heavy (non-hydrogen) atoms. The van der Waals surface area contributed by atoms with Crippen LogP contribution in [0.5, 0.6) is 0 Å². The van der Waals surface area contributed by atoms with Gasteiger partial charge in [0.15, 0.2) is 0 Å². The van der Waals surface area contributed by atoms with Gasteiger partial charge in [-0.3, -0.25) is 0 Å². The van der Waals surface area contributed by atoms with Crippen LogP contribution in [0.2, 0.25) is 0 Å². The number of nitrogens with zero attached hydrogens (tertiary/aromatic N) is 2. The Kier molecular flexibility index (Phi) is 3.31. The number of hydrogen-bond acceptors (Lipinski definition) is 4. The Labute approximate surface area is 91.7 Å². The Hall–Kier alpha value is -0.680. The molecule has 1 fully saturated rings. The molecule has 0 saturated carbocycles. The maximum Gasteiger partial charge on any atom is 0.222 e. The molecule has 0 amide bonds. The molecule has 76 valence electrons. The van der Waals surface area contributed by atoms with E-state index in [2.05, 4.69) is 36.5 Å². The number of rotatable bonds is 3. The maximum atomic E-state index is 4.14. The number of nitrogens with one attached hydrogen (secondary N) is 2. The molecule has 0 radical (unpaired) electrons. The lowest BCUT2D eigenvalue weighted by Gasteiger charge is -2.10. The van der Waals surface area contributed by atoms with Crippen molar-refractivity contribution in [3.63, 3.8) is 0 Å². The van der Waals surface area contributed by atoms with E-state index < -0.39 is 0 Å². The number of aromatic nitrogens is 2. The van der Waals surface area contributed by atoms with Gasteiger partial charge in [-0.1, -0.05) is 0 Å². The summed E-state index contributed by atoms with van der Waals surface area (Å²) in [4.78, 5) is 8.28. The van der Waals surface area contributed by atoms with Crippen LogP contribution in [0.3, 0.4) is 0 Å². The normalized spacial score (nSPS) is 21.1. The van der Waals surface area contributed by atoms with Crippen LogP contribution in [-0.2, 0) is 0 Å². The van der Waals surface area contributed by atoms with E-state index in [1.165, 1.54) is 12.8 Å². The van der Waals surface area contributed by atoms with Crippen LogP contribution in [0, 0.1) is 0 Å². The standard InChI is InChI=1S/C9H13BrN4/c10-7-4-12-9(13-5-7)14-6-8-2-1-3-11-8/h4-5,8,11H,1-3,6H2,(H,12,13,14). The molecule has 1 saturated heterocycles. The molecule has 1 aromatic heterocycles. The second-order valence-corrected chi connectivity index (χ2v) is 4.31. The quantitative estimate of drug-likeness (QED) is 0.859. The SMILES string of the molecule is Brc1cnc(NCC2CCCN2)nc1. The van der Waals surface area contributed by atoms with Crippen LogP contribution in [-0.4, -0.2) is 29.1 Å². The van der Waals surface area contributed by atoms with E-state index in [4.69, 9.17) is 0 Å². The third-order valence-corrected chi connectivity index (χ3v) is 2.70. The third-order valence-electron chi connectivity index (χ3n) is 2.29. The Morgan fingerprint density at radius 2 is 2.29 bits per heavy atom. The van der Waals surface area contributed by atoms with E-state index in [0.29, 0.717) is 12.0 Å². The summed E-state index contributed by atoms with van der Waals surface area (Å²) >= 11 is 3.30. The second-order valence-electron chi connectivity index (χ2n) is 3.40. The molecule has 4 nitrogen and oxygen atoms in total. The fourth-order valence-corrected chi connectivity index (χ4v) is 1.75. The highest BCUT2D eigenvalue weighted by Crippen LogP contribution is 2.08. The molecule has 1 aliphatic heterocycles. The summed E-state index contributed by atoms with van der Waals surface area (Å²) < 4.78 is 0.905. The molecule has 1 aliphatic rings. The van der Waals surface area contributed by atoms with Gasteiger partial charge >= 0.3 is 0 Å². The summed E-state index contributed by atoms with van der Waals surface area (Å²) in [5.74, 6) is 0.696. The lowest BCUT2D eigenvalue weighted by Crippen LogP contribution is -2.29. The highest BCUT2D eigenvalue weighted by molar-refractivity contribution is 9.10. The van der Waals surface area contributed by atoms with Crippen molar-refractivity contribution in [2.24, 2.45) is 0 Å². The fourth-order valence-electron chi connectivity index (χ4n) is 1.55. The minimum absolute atomic E-state index is 0.572. The summed E-state index contributed by atoms with van der Waals surface area (Å²) in [6, 6.07) is 0.572. The van der Waals surface area contributed by atoms with Crippen molar-refractivity contribution in [2.45, 2.75) is 18.9 Å². The van der Waals surface area contributed by atoms with E-state index in [9.17, 15) is 0 Å². The summed E-state index contributed by atoms with van der Waals surface area (Å²) in [6.07, 6.45) is 6.01. The number of anilines is 1. The van der Waals surface area contributed by atoms with Crippen molar-refractivity contribution in [1.29, 1.82) is 0 Å². The van der Waals surface area contributed by atoms with E-state index in [-0.39, 0.29) is 0 Å². The van der Waals surface area contributed by atoms with E-state index in [1.54, 1.807) is 12.4 Å². The first-order valence-corrected chi connectivity index (χ1v) is 5.59. The van der Waals surface area contributed by atoms with E-state index >= 15 is 0 Å². The largest absolute Gasteiger partial charge is 0.353 e. The lowest BCUT2D eigenvalue weighted by molar-refractivity contribution is 0.631. The Balaban J connectivity index is 1.82. The van der Waals surface area contributed by atoms with E-state index in [1.807, 2.05) is 0 Å². The Morgan fingerprint density at radius 1 is 1.50 bits per heavy atom. The summed E-state index contributed by atoms with van der Waals surface area (Å²) in [5.41, 5.74) is 0. The van der Waals surface area contributed by atoms with Gasteiger partial charge in [-0.15, -0.1) is 0 Å². The van der Waals surface area contributed by atoms with Gasteiger partial charge < -0.3 is 10.6 Å². The van der Waals surface area contributed by atoms with Crippen LogP contribution in [0.1, 0.15) is 12.8 Å². The van der Waals surface area contributed by atoms with Crippen molar-refractivity contribution < 1.29 is 0 Å². The molecule has 2 rings (SSSR count). The molecule has 2 N–H and O–H groups in total. The zero-order chi connectivity index (χ0) is 9.80. The molecule has 1 atom stereocenters. The van der Waals surface area contributed by atoms with Gasteiger partial charge in [-0.25, -0.2) is 9.97 Å². The van der Waals surface area contributed by atoms with Gasteiger partial charge in [0.25, 0.3) is 0 Å². The minimum Gasteiger partial charge on any atom is -0.353 e. The smallest absolute Gasteiger partial charge is 0.222 e. The lowest BCUT2D eigenvalue weighted by atomic mass is 10.2. The van der Waals surface area contributed by atoms with Gasteiger partial charge in [0.05, 0.1) is 4.47 Å². The molecular weight excluding hydrogens is 244 g/mol.